The SMILES string of the molecule is Cc1ccc(OCC(=O)N2CCC(C(=O)N3CCCCCC3)CC2)c(C)c1. The van der Waals surface area contributed by atoms with E-state index in [0.717, 1.165) is 50.1 Å². The van der Waals surface area contributed by atoms with Crippen molar-refractivity contribution in [1.29, 1.82) is 0 Å². The van der Waals surface area contributed by atoms with E-state index in [9.17, 15) is 9.59 Å². The van der Waals surface area contributed by atoms with E-state index in [4.69, 9.17) is 4.74 Å². The summed E-state index contributed by atoms with van der Waals surface area (Å²) in [7, 11) is 0. The molecule has 2 aliphatic heterocycles. The number of hydrogen-bond donors (Lipinski definition) is 0. The first-order chi connectivity index (χ1) is 13.0. The Morgan fingerprint density at radius 2 is 1.63 bits per heavy atom. The Kier molecular flexibility index (Phi) is 6.75. The van der Waals surface area contributed by atoms with Crippen LogP contribution < -0.4 is 4.74 Å². The Morgan fingerprint density at radius 3 is 2.26 bits per heavy atom. The van der Waals surface area contributed by atoms with Crippen LogP contribution >= 0.6 is 0 Å². The fourth-order valence-electron chi connectivity index (χ4n) is 4.12. The fraction of sp³-hybridized carbons (Fsp3) is 0.636. The van der Waals surface area contributed by atoms with Crippen molar-refractivity contribution in [1.82, 2.24) is 9.80 Å². The number of benzene rings is 1. The van der Waals surface area contributed by atoms with Crippen LogP contribution in [-0.4, -0.2) is 54.4 Å². The molecule has 5 nitrogen and oxygen atoms in total. The summed E-state index contributed by atoms with van der Waals surface area (Å²) in [6.45, 7) is 7.21. The zero-order valence-corrected chi connectivity index (χ0v) is 16.7. The predicted molar refractivity (Wildman–Crippen MR) is 106 cm³/mol. The van der Waals surface area contributed by atoms with Gasteiger partial charge >= 0.3 is 0 Å². The Labute approximate surface area is 162 Å². The molecule has 2 amide bonds. The van der Waals surface area contributed by atoms with Gasteiger partial charge in [-0.15, -0.1) is 0 Å². The maximum atomic E-state index is 12.8. The highest BCUT2D eigenvalue weighted by atomic mass is 16.5. The number of carbonyl (C=O) groups is 2. The second kappa shape index (κ2) is 9.25. The van der Waals surface area contributed by atoms with Gasteiger partial charge in [-0.2, -0.15) is 0 Å². The van der Waals surface area contributed by atoms with Crippen molar-refractivity contribution in [2.24, 2.45) is 5.92 Å². The maximum absolute atomic E-state index is 12.8. The lowest BCUT2D eigenvalue weighted by Gasteiger charge is -2.34. The molecule has 5 heteroatoms. The molecule has 0 bridgehead atoms. The number of likely N-dealkylation sites (tertiary alicyclic amines) is 2. The molecule has 3 rings (SSSR count). The molecule has 0 N–H and O–H groups in total. The summed E-state index contributed by atoms with van der Waals surface area (Å²) in [6.07, 6.45) is 6.25. The molecule has 0 unspecified atom stereocenters. The van der Waals surface area contributed by atoms with Crippen molar-refractivity contribution in [2.45, 2.75) is 52.4 Å². The number of carbonyl (C=O) groups excluding carboxylic acids is 2. The van der Waals surface area contributed by atoms with Crippen LogP contribution in [0.5, 0.6) is 5.75 Å². The van der Waals surface area contributed by atoms with E-state index in [1.165, 1.54) is 18.4 Å². The van der Waals surface area contributed by atoms with Crippen molar-refractivity contribution in [3.05, 3.63) is 29.3 Å². The topological polar surface area (TPSA) is 49.9 Å². The summed E-state index contributed by atoms with van der Waals surface area (Å²) in [5, 5.41) is 0. The minimum atomic E-state index is 0.00986. The lowest BCUT2D eigenvalue weighted by molar-refractivity contribution is -0.141. The van der Waals surface area contributed by atoms with E-state index in [0.29, 0.717) is 19.0 Å². The molecule has 2 fully saturated rings. The number of nitrogens with zero attached hydrogens (tertiary/aromatic N) is 2. The molecule has 148 valence electrons. The largest absolute Gasteiger partial charge is 0.484 e. The second-order valence-corrected chi connectivity index (χ2v) is 7.95. The van der Waals surface area contributed by atoms with Gasteiger partial charge in [-0.1, -0.05) is 30.5 Å². The van der Waals surface area contributed by atoms with Gasteiger partial charge in [0.2, 0.25) is 5.91 Å². The normalized spacial score (nSPS) is 18.9. The van der Waals surface area contributed by atoms with Crippen LogP contribution in [0.3, 0.4) is 0 Å². The number of aryl methyl sites for hydroxylation is 2. The zero-order chi connectivity index (χ0) is 19.2. The highest BCUT2D eigenvalue weighted by Gasteiger charge is 2.30. The highest BCUT2D eigenvalue weighted by Crippen LogP contribution is 2.23. The Balaban J connectivity index is 1.45. The molecule has 27 heavy (non-hydrogen) atoms. The quantitative estimate of drug-likeness (QED) is 0.815. The van der Waals surface area contributed by atoms with E-state index in [-0.39, 0.29) is 18.4 Å². The molecule has 0 radical (unpaired) electrons. The van der Waals surface area contributed by atoms with Crippen LogP contribution in [0, 0.1) is 19.8 Å². The first-order valence-corrected chi connectivity index (χ1v) is 10.3. The summed E-state index contributed by atoms with van der Waals surface area (Å²) >= 11 is 0. The van der Waals surface area contributed by atoms with Crippen molar-refractivity contribution in [3.63, 3.8) is 0 Å². The van der Waals surface area contributed by atoms with Crippen LogP contribution in [-0.2, 0) is 9.59 Å². The Bertz CT molecular complexity index is 658. The van der Waals surface area contributed by atoms with Gasteiger partial charge < -0.3 is 14.5 Å². The summed E-state index contributed by atoms with van der Waals surface area (Å²) < 4.78 is 5.72. The molecule has 0 atom stereocenters. The van der Waals surface area contributed by atoms with Crippen LogP contribution in [0.25, 0.3) is 0 Å². The van der Waals surface area contributed by atoms with Crippen molar-refractivity contribution < 1.29 is 14.3 Å². The molecule has 0 spiro atoms. The van der Waals surface area contributed by atoms with Crippen molar-refractivity contribution in [3.8, 4) is 5.75 Å². The van der Waals surface area contributed by atoms with E-state index >= 15 is 0 Å². The van der Waals surface area contributed by atoms with Gasteiger partial charge in [-0.3, -0.25) is 9.59 Å². The number of rotatable bonds is 4. The monoisotopic (exact) mass is 372 g/mol. The summed E-state index contributed by atoms with van der Waals surface area (Å²) in [5.74, 6) is 1.15. The molecule has 1 aromatic carbocycles. The Hall–Kier alpha value is -2.04. The average molecular weight is 373 g/mol. The van der Waals surface area contributed by atoms with Gasteiger partial charge in [0.15, 0.2) is 6.61 Å². The van der Waals surface area contributed by atoms with Crippen LogP contribution in [0.2, 0.25) is 0 Å². The minimum Gasteiger partial charge on any atom is -0.484 e. The predicted octanol–water partition coefficient (Wildman–Crippen LogP) is 3.32. The number of ether oxygens (including phenoxy) is 1. The first-order valence-electron chi connectivity index (χ1n) is 10.3. The third-order valence-corrected chi connectivity index (χ3v) is 5.80. The Morgan fingerprint density at radius 1 is 0.963 bits per heavy atom. The summed E-state index contributed by atoms with van der Waals surface area (Å²) in [6, 6.07) is 5.97. The van der Waals surface area contributed by atoms with Gasteiger partial charge in [-0.25, -0.2) is 0 Å². The molecule has 1 aromatic rings. The molecule has 2 saturated heterocycles. The standard InChI is InChI=1S/C22H32N2O3/c1-17-7-8-20(18(2)15-17)27-16-21(25)23-13-9-19(10-14-23)22(26)24-11-5-3-4-6-12-24/h7-8,15,19H,3-6,9-14,16H2,1-2H3. The van der Waals surface area contributed by atoms with Crippen molar-refractivity contribution in [2.75, 3.05) is 32.8 Å². The average Bonchev–Trinajstić information content (AvgIpc) is 2.96. The zero-order valence-electron chi connectivity index (χ0n) is 16.7. The highest BCUT2D eigenvalue weighted by molar-refractivity contribution is 5.80. The number of piperidine rings is 1. The van der Waals surface area contributed by atoms with E-state index in [2.05, 4.69) is 11.0 Å². The third kappa shape index (κ3) is 5.24. The fourth-order valence-corrected chi connectivity index (χ4v) is 4.12. The molecule has 2 aliphatic rings. The van der Waals surface area contributed by atoms with E-state index in [1.807, 2.05) is 30.9 Å². The van der Waals surface area contributed by atoms with Gasteiger partial charge in [0.25, 0.3) is 5.91 Å². The lowest BCUT2D eigenvalue weighted by atomic mass is 9.95. The van der Waals surface area contributed by atoms with Gasteiger partial charge in [0.1, 0.15) is 5.75 Å². The van der Waals surface area contributed by atoms with Crippen LogP contribution in [0.4, 0.5) is 0 Å². The number of hydrogen-bond acceptors (Lipinski definition) is 3. The molecule has 0 saturated carbocycles. The van der Waals surface area contributed by atoms with E-state index in [1.54, 1.807) is 0 Å². The smallest absolute Gasteiger partial charge is 0.260 e. The van der Waals surface area contributed by atoms with Crippen LogP contribution in [0.15, 0.2) is 18.2 Å². The molecule has 0 aliphatic carbocycles. The molecular weight excluding hydrogens is 340 g/mol. The van der Waals surface area contributed by atoms with Gasteiger partial charge in [0, 0.05) is 32.1 Å². The minimum absolute atomic E-state index is 0.00986. The van der Waals surface area contributed by atoms with Gasteiger partial charge in [-0.05, 0) is 51.2 Å². The molecule has 2 heterocycles. The summed E-state index contributed by atoms with van der Waals surface area (Å²) in [5.41, 5.74) is 2.23. The summed E-state index contributed by atoms with van der Waals surface area (Å²) in [4.78, 5) is 29.1. The second-order valence-electron chi connectivity index (χ2n) is 7.95. The van der Waals surface area contributed by atoms with Crippen LogP contribution in [0.1, 0.15) is 49.7 Å². The third-order valence-electron chi connectivity index (χ3n) is 5.80. The van der Waals surface area contributed by atoms with Gasteiger partial charge in [0.05, 0.1) is 0 Å². The lowest BCUT2D eigenvalue weighted by Crippen LogP contribution is -2.45. The van der Waals surface area contributed by atoms with E-state index < -0.39 is 0 Å². The molecular formula is C22H32N2O3. The first kappa shape index (κ1) is 19.7. The number of amides is 2. The van der Waals surface area contributed by atoms with Crippen molar-refractivity contribution >= 4 is 11.8 Å². The molecule has 0 aromatic heterocycles. The maximum Gasteiger partial charge on any atom is 0.260 e.